The van der Waals surface area contributed by atoms with Crippen LogP contribution in [0.5, 0.6) is 0 Å². The molecule has 0 N–H and O–H groups in total. The maximum Gasteiger partial charge on any atom is 0.264 e. The number of nitrogens with zero attached hydrogens (tertiary/aromatic N) is 3. The van der Waals surface area contributed by atoms with Gasteiger partial charge in [-0.3, -0.25) is 9.59 Å². The van der Waals surface area contributed by atoms with Crippen LogP contribution in [0.4, 0.5) is 10.1 Å². The number of carbonyl (C=O) groups is 2. The number of carbonyl (C=O) groups excluding carboxylic acids is 2. The van der Waals surface area contributed by atoms with Gasteiger partial charge >= 0.3 is 0 Å². The first-order valence-electron chi connectivity index (χ1n) is 5.57. The summed E-state index contributed by atoms with van der Waals surface area (Å²) in [4.78, 5) is 25.3. The van der Waals surface area contributed by atoms with Gasteiger partial charge in [-0.25, -0.2) is 9.29 Å². The molecule has 0 aliphatic carbocycles. The third kappa shape index (κ3) is 1.20. The van der Waals surface area contributed by atoms with E-state index in [1.165, 1.54) is 18.2 Å². The van der Waals surface area contributed by atoms with E-state index in [1.807, 2.05) is 0 Å². The van der Waals surface area contributed by atoms with Crippen molar-refractivity contribution in [3.63, 3.8) is 0 Å². The molecule has 1 fully saturated rings. The number of fused-ring (bicyclic) bond motifs is 1. The Bertz CT molecular complexity index is 586. The van der Waals surface area contributed by atoms with Crippen molar-refractivity contribution < 1.29 is 14.0 Å². The van der Waals surface area contributed by atoms with Gasteiger partial charge in [0.15, 0.2) is 5.54 Å². The quantitative estimate of drug-likeness (QED) is 0.706. The molecule has 1 saturated heterocycles. The minimum atomic E-state index is -1.17. The average molecular weight is 247 g/mol. The monoisotopic (exact) mass is 247 g/mol. The standard InChI is InChI=1S/C12H10FN3O2/c1-12-7(6-14-15-12)10(17)16(11(12)18)9-5-3-2-4-8(9)13/h2-5,7H,6H2,1H3/t7-,12-/m1/s1. The number of anilines is 1. The number of azo groups is 1. The van der Waals surface area contributed by atoms with Gasteiger partial charge in [0.25, 0.3) is 5.91 Å². The molecule has 6 heteroatoms. The lowest BCUT2D eigenvalue weighted by Crippen LogP contribution is -2.37. The third-order valence-corrected chi connectivity index (χ3v) is 3.47. The van der Waals surface area contributed by atoms with E-state index in [4.69, 9.17) is 0 Å². The molecule has 18 heavy (non-hydrogen) atoms. The Morgan fingerprint density at radius 3 is 2.78 bits per heavy atom. The summed E-state index contributed by atoms with van der Waals surface area (Å²) in [6.07, 6.45) is 0. The smallest absolute Gasteiger partial charge is 0.264 e. The summed E-state index contributed by atoms with van der Waals surface area (Å²) in [6, 6.07) is 5.71. The molecule has 0 saturated carbocycles. The Hall–Kier alpha value is -2.11. The summed E-state index contributed by atoms with van der Waals surface area (Å²) in [5.74, 6) is -2.15. The molecule has 92 valence electrons. The fourth-order valence-corrected chi connectivity index (χ4v) is 2.37. The fraction of sp³-hybridized carbons (Fsp3) is 0.333. The van der Waals surface area contributed by atoms with Crippen molar-refractivity contribution in [3.8, 4) is 0 Å². The summed E-state index contributed by atoms with van der Waals surface area (Å²) in [6.45, 7) is 1.75. The number of amides is 2. The number of hydrogen-bond donors (Lipinski definition) is 0. The predicted octanol–water partition coefficient (Wildman–Crippen LogP) is 1.54. The van der Waals surface area contributed by atoms with Gasteiger partial charge < -0.3 is 0 Å². The van der Waals surface area contributed by atoms with Crippen molar-refractivity contribution in [1.29, 1.82) is 0 Å². The van der Waals surface area contributed by atoms with Crippen molar-refractivity contribution in [3.05, 3.63) is 30.1 Å². The molecule has 2 heterocycles. The molecule has 1 aromatic carbocycles. The molecule has 2 aliphatic heterocycles. The largest absolute Gasteiger partial charge is 0.274 e. The van der Waals surface area contributed by atoms with Crippen LogP contribution in [0.1, 0.15) is 6.92 Å². The van der Waals surface area contributed by atoms with Crippen molar-refractivity contribution in [2.24, 2.45) is 16.1 Å². The van der Waals surface area contributed by atoms with Crippen LogP contribution in [-0.4, -0.2) is 23.9 Å². The number of rotatable bonds is 1. The maximum absolute atomic E-state index is 13.7. The molecule has 1 aromatic rings. The first kappa shape index (κ1) is 11.0. The SMILES string of the molecule is C[C@@]12N=NC[C@@H]1C(=O)N(c1ccccc1F)C2=O. The van der Waals surface area contributed by atoms with E-state index in [0.29, 0.717) is 0 Å². The zero-order chi connectivity index (χ0) is 12.9. The molecular formula is C12H10FN3O2. The van der Waals surface area contributed by atoms with Gasteiger partial charge in [-0.1, -0.05) is 12.1 Å². The van der Waals surface area contributed by atoms with Gasteiger partial charge in [0.1, 0.15) is 5.82 Å². The molecule has 2 aliphatic rings. The zero-order valence-corrected chi connectivity index (χ0v) is 9.63. The molecule has 3 rings (SSSR count). The predicted molar refractivity (Wildman–Crippen MR) is 60.5 cm³/mol. The summed E-state index contributed by atoms with van der Waals surface area (Å²) < 4.78 is 13.7. The number of benzene rings is 1. The van der Waals surface area contributed by atoms with Crippen molar-refractivity contribution in [2.75, 3.05) is 11.4 Å². The topological polar surface area (TPSA) is 62.1 Å². The van der Waals surface area contributed by atoms with Crippen LogP contribution in [0.2, 0.25) is 0 Å². The van der Waals surface area contributed by atoms with E-state index < -0.39 is 29.1 Å². The number of imide groups is 1. The molecule has 2 amide bonds. The Morgan fingerprint density at radius 1 is 1.39 bits per heavy atom. The summed E-state index contributed by atoms with van der Waals surface area (Å²) in [5.41, 5.74) is -1.18. The van der Waals surface area contributed by atoms with E-state index in [2.05, 4.69) is 10.2 Å². The average Bonchev–Trinajstić information content (AvgIpc) is 2.81. The molecule has 0 spiro atoms. The van der Waals surface area contributed by atoms with Crippen LogP contribution in [0.15, 0.2) is 34.5 Å². The van der Waals surface area contributed by atoms with E-state index in [1.54, 1.807) is 13.0 Å². The van der Waals surface area contributed by atoms with E-state index in [0.717, 1.165) is 4.90 Å². The molecule has 0 aromatic heterocycles. The van der Waals surface area contributed by atoms with E-state index in [9.17, 15) is 14.0 Å². The van der Waals surface area contributed by atoms with Gasteiger partial charge in [0, 0.05) is 0 Å². The van der Waals surface area contributed by atoms with Crippen LogP contribution < -0.4 is 4.90 Å². The Kier molecular flexibility index (Phi) is 2.10. The first-order valence-corrected chi connectivity index (χ1v) is 5.57. The van der Waals surface area contributed by atoms with Gasteiger partial charge in [0.05, 0.1) is 18.2 Å². The maximum atomic E-state index is 13.7. The van der Waals surface area contributed by atoms with Crippen molar-refractivity contribution in [2.45, 2.75) is 12.5 Å². The van der Waals surface area contributed by atoms with Crippen LogP contribution >= 0.6 is 0 Å². The van der Waals surface area contributed by atoms with Crippen molar-refractivity contribution in [1.82, 2.24) is 0 Å². The highest BCUT2D eigenvalue weighted by atomic mass is 19.1. The second-order valence-corrected chi connectivity index (χ2v) is 4.55. The minimum absolute atomic E-state index is 0.0154. The first-order chi connectivity index (χ1) is 8.55. The lowest BCUT2D eigenvalue weighted by atomic mass is 9.90. The Labute approximate surface area is 102 Å². The summed E-state index contributed by atoms with van der Waals surface area (Å²) in [7, 11) is 0. The number of halogens is 1. The molecule has 0 bridgehead atoms. The molecular weight excluding hydrogens is 237 g/mol. The molecule has 0 unspecified atom stereocenters. The van der Waals surface area contributed by atoms with Gasteiger partial charge in [-0.2, -0.15) is 10.2 Å². The number of hydrogen-bond acceptors (Lipinski definition) is 4. The molecule has 5 nitrogen and oxygen atoms in total. The molecule has 2 atom stereocenters. The highest BCUT2D eigenvalue weighted by molar-refractivity contribution is 6.25. The van der Waals surface area contributed by atoms with E-state index in [-0.39, 0.29) is 12.2 Å². The summed E-state index contributed by atoms with van der Waals surface area (Å²) >= 11 is 0. The van der Waals surface area contributed by atoms with Gasteiger partial charge in [0.2, 0.25) is 5.91 Å². The second-order valence-electron chi connectivity index (χ2n) is 4.55. The second kappa shape index (κ2) is 3.44. The Morgan fingerprint density at radius 2 is 2.11 bits per heavy atom. The van der Waals surface area contributed by atoms with Gasteiger partial charge in [-0.05, 0) is 19.1 Å². The van der Waals surface area contributed by atoms with Crippen LogP contribution in [0, 0.1) is 11.7 Å². The normalized spacial score (nSPS) is 30.1. The highest BCUT2D eigenvalue weighted by Gasteiger charge is 2.60. The number of para-hydroxylation sites is 1. The fourth-order valence-electron chi connectivity index (χ4n) is 2.37. The minimum Gasteiger partial charge on any atom is -0.274 e. The van der Waals surface area contributed by atoms with Crippen LogP contribution in [0.25, 0.3) is 0 Å². The van der Waals surface area contributed by atoms with Crippen molar-refractivity contribution >= 4 is 17.5 Å². The van der Waals surface area contributed by atoms with E-state index >= 15 is 0 Å². The lowest BCUT2D eigenvalue weighted by Gasteiger charge is -2.17. The highest BCUT2D eigenvalue weighted by Crippen LogP contribution is 2.40. The van der Waals surface area contributed by atoms with Crippen LogP contribution in [-0.2, 0) is 9.59 Å². The van der Waals surface area contributed by atoms with Gasteiger partial charge in [-0.15, -0.1) is 0 Å². The lowest BCUT2D eigenvalue weighted by molar-refractivity contribution is -0.122. The zero-order valence-electron chi connectivity index (χ0n) is 9.63. The molecule has 0 radical (unpaired) electrons. The Balaban J connectivity index is 2.11. The summed E-state index contributed by atoms with van der Waals surface area (Å²) in [5, 5.41) is 7.61. The van der Waals surface area contributed by atoms with Crippen LogP contribution in [0.3, 0.4) is 0 Å². The third-order valence-electron chi connectivity index (χ3n) is 3.47.